The zero-order chi connectivity index (χ0) is 20.1. The highest BCUT2D eigenvalue weighted by molar-refractivity contribution is 5.94. The molecule has 28 heavy (non-hydrogen) atoms. The molecule has 0 bridgehead atoms. The summed E-state index contributed by atoms with van der Waals surface area (Å²) < 4.78 is 5.96. The second-order valence-electron chi connectivity index (χ2n) is 6.10. The van der Waals surface area contributed by atoms with Gasteiger partial charge in [-0.2, -0.15) is 0 Å². The Labute approximate surface area is 161 Å². The fraction of sp³-hybridized carbons (Fsp3) is 0.143. The fourth-order valence-electron chi connectivity index (χ4n) is 2.76. The molecule has 0 aliphatic heterocycles. The van der Waals surface area contributed by atoms with E-state index in [4.69, 9.17) is 0 Å². The smallest absolute Gasteiger partial charge is 0.337 e. The number of hydrogen-bond donors (Lipinski definition) is 1. The third-order valence-corrected chi connectivity index (χ3v) is 4.14. The van der Waals surface area contributed by atoms with Gasteiger partial charge in [-0.05, 0) is 25.1 Å². The first-order valence-electron chi connectivity index (χ1n) is 8.60. The molecular formula is C21H19N3O4. The van der Waals surface area contributed by atoms with E-state index in [1.54, 1.807) is 25.1 Å². The van der Waals surface area contributed by atoms with Gasteiger partial charge in [0.15, 0.2) is 0 Å². The first kappa shape index (κ1) is 19.0. The van der Waals surface area contributed by atoms with Crippen LogP contribution >= 0.6 is 0 Å². The van der Waals surface area contributed by atoms with Crippen LogP contribution in [0.15, 0.2) is 65.5 Å². The number of aromatic nitrogens is 2. The number of benzene rings is 2. The summed E-state index contributed by atoms with van der Waals surface area (Å²) >= 11 is 0. The molecule has 7 heteroatoms. The molecule has 0 fully saturated rings. The molecule has 0 saturated heterocycles. The Morgan fingerprint density at radius 1 is 1.07 bits per heavy atom. The van der Waals surface area contributed by atoms with Gasteiger partial charge >= 0.3 is 5.97 Å². The van der Waals surface area contributed by atoms with Crippen LogP contribution in [0.4, 0.5) is 5.69 Å². The summed E-state index contributed by atoms with van der Waals surface area (Å²) in [6.45, 7) is 1.49. The van der Waals surface area contributed by atoms with E-state index >= 15 is 0 Å². The van der Waals surface area contributed by atoms with E-state index in [0.29, 0.717) is 22.8 Å². The lowest BCUT2D eigenvalue weighted by atomic mass is 10.1. The third kappa shape index (κ3) is 4.32. The topological polar surface area (TPSA) is 90.3 Å². The van der Waals surface area contributed by atoms with Gasteiger partial charge in [-0.3, -0.25) is 14.2 Å². The number of ether oxygens (including phenoxy) is 1. The predicted octanol–water partition coefficient (Wildman–Crippen LogP) is 2.64. The Morgan fingerprint density at radius 3 is 2.50 bits per heavy atom. The lowest BCUT2D eigenvalue weighted by molar-refractivity contribution is -0.116. The Bertz CT molecular complexity index is 1070. The van der Waals surface area contributed by atoms with Crippen molar-refractivity contribution >= 4 is 17.6 Å². The summed E-state index contributed by atoms with van der Waals surface area (Å²) in [7, 11) is 1.29. The van der Waals surface area contributed by atoms with Crippen molar-refractivity contribution in [3.05, 3.63) is 82.4 Å². The summed E-state index contributed by atoms with van der Waals surface area (Å²) in [5.41, 5.74) is 1.84. The second-order valence-corrected chi connectivity index (χ2v) is 6.10. The average molecular weight is 377 g/mol. The van der Waals surface area contributed by atoms with E-state index in [1.165, 1.54) is 23.8 Å². The number of nitrogens with one attached hydrogen (secondary N) is 1. The van der Waals surface area contributed by atoms with Crippen LogP contribution in [0.5, 0.6) is 0 Å². The van der Waals surface area contributed by atoms with Crippen LogP contribution in [0.3, 0.4) is 0 Å². The molecule has 1 aromatic heterocycles. The van der Waals surface area contributed by atoms with E-state index in [0.717, 1.165) is 5.56 Å². The van der Waals surface area contributed by atoms with E-state index in [9.17, 15) is 14.4 Å². The van der Waals surface area contributed by atoms with E-state index in [1.807, 2.05) is 30.3 Å². The number of aryl methyl sites for hydroxylation is 1. The minimum atomic E-state index is -0.496. The van der Waals surface area contributed by atoms with Gasteiger partial charge in [0.05, 0.1) is 18.4 Å². The van der Waals surface area contributed by atoms with Crippen molar-refractivity contribution < 1.29 is 14.3 Å². The van der Waals surface area contributed by atoms with Crippen molar-refractivity contribution in [3.63, 3.8) is 0 Å². The van der Waals surface area contributed by atoms with Gasteiger partial charge in [-0.15, -0.1) is 0 Å². The minimum absolute atomic E-state index is 0.185. The van der Waals surface area contributed by atoms with Gasteiger partial charge in [0.2, 0.25) is 5.91 Å². The number of carbonyl (C=O) groups is 2. The van der Waals surface area contributed by atoms with Crippen LogP contribution in [0.25, 0.3) is 11.3 Å². The van der Waals surface area contributed by atoms with Crippen LogP contribution in [-0.4, -0.2) is 28.5 Å². The molecule has 1 N–H and O–H groups in total. The van der Waals surface area contributed by atoms with Crippen LogP contribution in [0.2, 0.25) is 0 Å². The largest absolute Gasteiger partial charge is 0.465 e. The normalized spacial score (nSPS) is 10.4. The zero-order valence-electron chi connectivity index (χ0n) is 15.5. The van der Waals surface area contributed by atoms with Crippen LogP contribution in [0.1, 0.15) is 16.2 Å². The fourth-order valence-corrected chi connectivity index (χ4v) is 2.76. The Morgan fingerprint density at radius 2 is 1.82 bits per heavy atom. The second kappa shape index (κ2) is 8.30. The first-order valence-corrected chi connectivity index (χ1v) is 8.60. The predicted molar refractivity (Wildman–Crippen MR) is 105 cm³/mol. The van der Waals surface area contributed by atoms with Crippen molar-refractivity contribution in [2.45, 2.75) is 13.5 Å². The Hall–Kier alpha value is -3.74. The minimum Gasteiger partial charge on any atom is -0.465 e. The quantitative estimate of drug-likeness (QED) is 0.691. The Balaban J connectivity index is 1.78. The molecule has 142 valence electrons. The summed E-state index contributed by atoms with van der Waals surface area (Å²) in [6, 6.07) is 17.1. The lowest BCUT2D eigenvalue weighted by Crippen LogP contribution is -2.29. The highest BCUT2D eigenvalue weighted by Crippen LogP contribution is 2.15. The maximum Gasteiger partial charge on any atom is 0.337 e. The zero-order valence-corrected chi connectivity index (χ0v) is 15.5. The van der Waals surface area contributed by atoms with Crippen molar-refractivity contribution in [3.8, 4) is 11.3 Å². The van der Waals surface area contributed by atoms with Crippen molar-refractivity contribution in [2.24, 2.45) is 0 Å². The van der Waals surface area contributed by atoms with Gasteiger partial charge in [0.25, 0.3) is 5.56 Å². The van der Waals surface area contributed by atoms with Gasteiger partial charge in [-0.1, -0.05) is 36.4 Å². The molecule has 0 unspecified atom stereocenters. The maximum atomic E-state index is 12.5. The Kier molecular flexibility index (Phi) is 5.64. The van der Waals surface area contributed by atoms with E-state index in [2.05, 4.69) is 15.0 Å². The molecule has 0 atom stereocenters. The van der Waals surface area contributed by atoms with Gasteiger partial charge in [0, 0.05) is 17.3 Å². The number of anilines is 1. The summed E-state index contributed by atoms with van der Waals surface area (Å²) in [6.07, 6.45) is 0. The van der Waals surface area contributed by atoms with Gasteiger partial charge in [0.1, 0.15) is 12.4 Å². The molecule has 1 heterocycles. The highest BCUT2D eigenvalue weighted by Gasteiger charge is 2.12. The van der Waals surface area contributed by atoms with E-state index < -0.39 is 11.9 Å². The number of nitrogens with zero attached hydrogens (tertiary/aromatic N) is 2. The summed E-state index contributed by atoms with van der Waals surface area (Å²) in [5, 5.41) is 2.68. The number of rotatable bonds is 5. The summed E-state index contributed by atoms with van der Waals surface area (Å²) in [5.74, 6) is -0.463. The molecular weight excluding hydrogens is 358 g/mol. The molecule has 0 aliphatic carbocycles. The van der Waals surface area contributed by atoms with Crippen LogP contribution < -0.4 is 10.9 Å². The molecule has 0 saturated carbocycles. The number of esters is 1. The number of hydrogen-bond acceptors (Lipinski definition) is 5. The molecule has 1 amide bonds. The number of carbonyl (C=O) groups excluding carboxylic acids is 2. The molecule has 0 aliphatic rings. The molecule has 2 aromatic carbocycles. The molecule has 7 nitrogen and oxygen atoms in total. The monoisotopic (exact) mass is 377 g/mol. The summed E-state index contributed by atoms with van der Waals surface area (Å²) in [4.78, 5) is 40.9. The SMILES string of the molecule is COC(=O)c1cccc(NC(=O)Cn2c(C)nc(-c3ccccc3)cc2=O)c1. The standard InChI is InChI=1S/C21H19N3O4/c1-14-22-18(15-7-4-3-5-8-15)12-20(26)24(14)13-19(25)23-17-10-6-9-16(11-17)21(27)28-2/h3-12H,13H2,1-2H3,(H,23,25). The van der Waals surface area contributed by atoms with Crippen LogP contribution in [-0.2, 0) is 16.1 Å². The molecule has 0 radical (unpaired) electrons. The highest BCUT2D eigenvalue weighted by atomic mass is 16.5. The average Bonchev–Trinajstić information content (AvgIpc) is 2.70. The number of methoxy groups -OCH3 is 1. The molecule has 3 rings (SSSR count). The maximum absolute atomic E-state index is 12.5. The molecule has 3 aromatic rings. The van der Waals surface area contributed by atoms with E-state index in [-0.39, 0.29) is 12.1 Å². The lowest BCUT2D eigenvalue weighted by Gasteiger charge is -2.11. The van der Waals surface area contributed by atoms with Gasteiger partial charge < -0.3 is 10.1 Å². The number of amides is 1. The third-order valence-electron chi connectivity index (χ3n) is 4.14. The van der Waals surface area contributed by atoms with Gasteiger partial charge in [-0.25, -0.2) is 9.78 Å². The van der Waals surface area contributed by atoms with Crippen molar-refractivity contribution in [1.29, 1.82) is 0 Å². The first-order chi connectivity index (χ1) is 13.5. The van der Waals surface area contributed by atoms with Crippen LogP contribution in [0, 0.1) is 6.92 Å². The van der Waals surface area contributed by atoms with Crippen molar-refractivity contribution in [1.82, 2.24) is 9.55 Å². The molecule has 0 spiro atoms. The van der Waals surface area contributed by atoms with Crippen molar-refractivity contribution in [2.75, 3.05) is 12.4 Å².